The number of carbonyl (C=O) groups excluding carboxylic acids is 1. The Hall–Kier alpha value is -3.04. The third-order valence-electron chi connectivity index (χ3n) is 5.09. The van der Waals surface area contributed by atoms with Crippen molar-refractivity contribution >= 4 is 22.1 Å². The van der Waals surface area contributed by atoms with E-state index in [-0.39, 0.29) is 17.4 Å². The summed E-state index contributed by atoms with van der Waals surface area (Å²) in [7, 11) is -2.25. The van der Waals surface area contributed by atoms with E-state index in [9.17, 15) is 13.2 Å². The van der Waals surface area contributed by atoms with Crippen LogP contribution >= 0.6 is 0 Å². The largest absolute Gasteiger partial charge is 0.495 e. The van der Waals surface area contributed by atoms with E-state index >= 15 is 0 Å². The molecule has 2 aromatic rings. The lowest BCUT2D eigenvalue weighted by Gasteiger charge is -2.26. The van der Waals surface area contributed by atoms with Gasteiger partial charge in [0.05, 0.1) is 7.11 Å². The first kappa shape index (κ1) is 21.2. The van der Waals surface area contributed by atoms with Gasteiger partial charge < -0.3 is 18.9 Å². The molecule has 4 rings (SSSR count). The first-order valence-electron chi connectivity index (χ1n) is 9.95. The fourth-order valence-corrected chi connectivity index (χ4v) is 5.21. The van der Waals surface area contributed by atoms with Crippen LogP contribution in [0.2, 0.25) is 0 Å². The molecule has 31 heavy (non-hydrogen) atoms. The molecule has 9 heteroatoms. The smallest absolute Gasteiger partial charge is 0.336 e. The predicted octanol–water partition coefficient (Wildman–Crippen LogP) is 3.22. The van der Waals surface area contributed by atoms with E-state index in [0.717, 1.165) is 19.3 Å². The Morgan fingerprint density at radius 3 is 2.58 bits per heavy atom. The standard InChI is InChI=1S/C22H23NO7S/c1-27-19-8-5-16(13-21(19)31(25,26)23-11-3-2-4-12-23)6-10-22(24)30-17-7-9-18-20(14-17)29-15-28-18/h5-10,13-14H,2-4,11-12,15H2,1H3/b10-6+. The van der Waals surface area contributed by atoms with E-state index < -0.39 is 16.0 Å². The Kier molecular flexibility index (Phi) is 6.15. The van der Waals surface area contributed by atoms with Crippen LogP contribution in [0, 0.1) is 0 Å². The van der Waals surface area contributed by atoms with E-state index in [1.165, 1.54) is 29.6 Å². The maximum Gasteiger partial charge on any atom is 0.336 e. The van der Waals surface area contributed by atoms with Crippen molar-refractivity contribution < 1.29 is 32.2 Å². The molecule has 0 bridgehead atoms. The normalized spacial score (nSPS) is 16.4. The van der Waals surface area contributed by atoms with Crippen LogP contribution in [-0.2, 0) is 14.8 Å². The van der Waals surface area contributed by atoms with Crippen molar-refractivity contribution in [2.24, 2.45) is 0 Å². The molecular weight excluding hydrogens is 422 g/mol. The summed E-state index contributed by atoms with van der Waals surface area (Å²) < 4.78 is 48.7. The van der Waals surface area contributed by atoms with Gasteiger partial charge in [-0.15, -0.1) is 0 Å². The number of sulfonamides is 1. The lowest BCUT2D eigenvalue weighted by molar-refractivity contribution is -0.128. The molecule has 2 heterocycles. The highest BCUT2D eigenvalue weighted by Crippen LogP contribution is 2.35. The van der Waals surface area contributed by atoms with Crippen LogP contribution in [-0.4, -0.2) is 45.7 Å². The third-order valence-corrected chi connectivity index (χ3v) is 7.01. The van der Waals surface area contributed by atoms with Crippen LogP contribution in [0.3, 0.4) is 0 Å². The molecule has 2 aromatic carbocycles. The first-order valence-corrected chi connectivity index (χ1v) is 11.4. The second-order valence-electron chi connectivity index (χ2n) is 7.14. The summed E-state index contributed by atoms with van der Waals surface area (Å²) in [5.74, 6) is 1.09. The van der Waals surface area contributed by atoms with Crippen LogP contribution in [0.1, 0.15) is 24.8 Å². The van der Waals surface area contributed by atoms with E-state index in [4.69, 9.17) is 18.9 Å². The molecule has 2 aliphatic heterocycles. The zero-order valence-electron chi connectivity index (χ0n) is 17.1. The molecule has 0 saturated carbocycles. The van der Waals surface area contributed by atoms with Crippen molar-refractivity contribution in [1.82, 2.24) is 4.31 Å². The second kappa shape index (κ2) is 8.99. The van der Waals surface area contributed by atoms with Crippen molar-refractivity contribution in [3.8, 4) is 23.0 Å². The fraction of sp³-hybridized carbons (Fsp3) is 0.318. The Balaban J connectivity index is 1.51. The Bertz CT molecular complexity index is 1100. The zero-order valence-corrected chi connectivity index (χ0v) is 17.9. The van der Waals surface area contributed by atoms with E-state index in [2.05, 4.69) is 0 Å². The van der Waals surface area contributed by atoms with Gasteiger partial charge in [0.2, 0.25) is 16.8 Å². The number of esters is 1. The van der Waals surface area contributed by atoms with Crippen molar-refractivity contribution in [3.05, 3.63) is 48.0 Å². The molecular formula is C22H23NO7S. The molecule has 8 nitrogen and oxygen atoms in total. The number of methoxy groups -OCH3 is 1. The van der Waals surface area contributed by atoms with Crippen LogP contribution in [0.5, 0.6) is 23.0 Å². The van der Waals surface area contributed by atoms with Gasteiger partial charge >= 0.3 is 5.97 Å². The maximum absolute atomic E-state index is 13.1. The van der Waals surface area contributed by atoms with Gasteiger partial charge in [-0.1, -0.05) is 12.5 Å². The monoisotopic (exact) mass is 445 g/mol. The van der Waals surface area contributed by atoms with Gasteiger partial charge in [0.1, 0.15) is 16.4 Å². The number of benzene rings is 2. The Morgan fingerprint density at radius 1 is 1.03 bits per heavy atom. The average Bonchev–Trinajstić information content (AvgIpc) is 3.26. The molecule has 164 valence electrons. The van der Waals surface area contributed by atoms with Crippen molar-refractivity contribution in [1.29, 1.82) is 0 Å². The van der Waals surface area contributed by atoms with Gasteiger partial charge in [0.25, 0.3) is 0 Å². The Morgan fingerprint density at radius 2 is 1.81 bits per heavy atom. The highest BCUT2D eigenvalue weighted by molar-refractivity contribution is 7.89. The van der Waals surface area contributed by atoms with Gasteiger partial charge in [-0.3, -0.25) is 0 Å². The SMILES string of the molecule is COc1ccc(/C=C/C(=O)Oc2ccc3c(c2)OCO3)cc1S(=O)(=O)N1CCCCC1. The van der Waals surface area contributed by atoms with Gasteiger partial charge in [0.15, 0.2) is 11.5 Å². The molecule has 2 aliphatic rings. The topological polar surface area (TPSA) is 91.4 Å². The van der Waals surface area contributed by atoms with Crippen molar-refractivity contribution in [3.63, 3.8) is 0 Å². The summed E-state index contributed by atoms with van der Waals surface area (Å²) in [6.45, 7) is 1.12. The number of rotatable bonds is 6. The van der Waals surface area contributed by atoms with Gasteiger partial charge in [0, 0.05) is 25.2 Å². The highest BCUT2D eigenvalue weighted by Gasteiger charge is 2.29. The zero-order chi connectivity index (χ0) is 21.8. The van der Waals surface area contributed by atoms with Crippen LogP contribution in [0.15, 0.2) is 47.4 Å². The number of nitrogens with zero attached hydrogens (tertiary/aromatic N) is 1. The molecule has 0 amide bonds. The van der Waals surface area contributed by atoms with Crippen LogP contribution < -0.4 is 18.9 Å². The number of fused-ring (bicyclic) bond motifs is 1. The van der Waals surface area contributed by atoms with Gasteiger partial charge in [-0.25, -0.2) is 13.2 Å². The summed E-state index contributed by atoms with van der Waals surface area (Å²) in [4.78, 5) is 12.3. The second-order valence-corrected chi connectivity index (χ2v) is 9.05. The van der Waals surface area contributed by atoms with E-state index in [1.807, 2.05) is 0 Å². The number of hydrogen-bond donors (Lipinski definition) is 0. The molecule has 0 atom stereocenters. The van der Waals surface area contributed by atoms with E-state index in [1.54, 1.807) is 30.3 Å². The number of hydrogen-bond acceptors (Lipinski definition) is 7. The molecule has 1 fully saturated rings. The molecule has 0 radical (unpaired) electrons. The summed E-state index contributed by atoms with van der Waals surface area (Å²) in [6.07, 6.45) is 5.45. The van der Waals surface area contributed by atoms with Gasteiger partial charge in [-0.2, -0.15) is 4.31 Å². The first-order chi connectivity index (χ1) is 15.0. The highest BCUT2D eigenvalue weighted by atomic mass is 32.2. The van der Waals surface area contributed by atoms with Gasteiger partial charge in [-0.05, 0) is 48.7 Å². The minimum absolute atomic E-state index is 0.0863. The predicted molar refractivity (Wildman–Crippen MR) is 113 cm³/mol. The number of piperidine rings is 1. The summed E-state index contributed by atoms with van der Waals surface area (Å²) in [6, 6.07) is 9.61. The lowest BCUT2D eigenvalue weighted by Crippen LogP contribution is -2.35. The molecule has 1 saturated heterocycles. The van der Waals surface area contributed by atoms with E-state index in [0.29, 0.717) is 35.9 Å². The number of carbonyl (C=O) groups is 1. The summed E-state index contributed by atoms with van der Waals surface area (Å²) in [5.41, 5.74) is 0.541. The summed E-state index contributed by atoms with van der Waals surface area (Å²) in [5, 5.41) is 0. The minimum atomic E-state index is -3.69. The molecule has 0 unspecified atom stereocenters. The molecule has 0 spiro atoms. The van der Waals surface area contributed by atoms with Crippen LogP contribution in [0.25, 0.3) is 6.08 Å². The molecule has 0 aliphatic carbocycles. The Labute approximate surface area is 181 Å². The quantitative estimate of drug-likeness (QED) is 0.383. The van der Waals surface area contributed by atoms with Crippen molar-refractivity contribution in [2.45, 2.75) is 24.2 Å². The van der Waals surface area contributed by atoms with Crippen molar-refractivity contribution in [2.75, 3.05) is 27.0 Å². The maximum atomic E-state index is 13.1. The molecule has 0 N–H and O–H groups in total. The fourth-order valence-electron chi connectivity index (χ4n) is 3.50. The summed E-state index contributed by atoms with van der Waals surface area (Å²) >= 11 is 0. The van der Waals surface area contributed by atoms with Crippen LogP contribution in [0.4, 0.5) is 0 Å². The molecule has 0 aromatic heterocycles. The third kappa shape index (κ3) is 4.67. The average molecular weight is 445 g/mol. The number of ether oxygens (including phenoxy) is 4. The lowest BCUT2D eigenvalue weighted by atomic mass is 10.2. The minimum Gasteiger partial charge on any atom is -0.495 e.